The predicted octanol–water partition coefficient (Wildman–Crippen LogP) is 1.50. The molecule has 82 valence electrons. The van der Waals surface area contributed by atoms with Crippen LogP contribution < -0.4 is 5.32 Å². The third-order valence-electron chi connectivity index (χ3n) is 2.82. The van der Waals surface area contributed by atoms with Crippen molar-refractivity contribution in [3.63, 3.8) is 0 Å². The third kappa shape index (κ3) is 2.89. The first-order valence-electron chi connectivity index (χ1n) is 5.48. The van der Waals surface area contributed by atoms with Gasteiger partial charge in [0.2, 0.25) is 0 Å². The van der Waals surface area contributed by atoms with Crippen molar-refractivity contribution in [1.29, 1.82) is 0 Å². The average molecular weight is 207 g/mol. The second-order valence-corrected chi connectivity index (χ2v) is 4.14. The molecule has 0 aromatic carbocycles. The summed E-state index contributed by atoms with van der Waals surface area (Å²) >= 11 is 0. The van der Waals surface area contributed by atoms with Crippen LogP contribution in [-0.4, -0.2) is 27.2 Å². The summed E-state index contributed by atoms with van der Waals surface area (Å²) in [5.41, 5.74) is 0. The van der Waals surface area contributed by atoms with E-state index in [0.29, 0.717) is 6.04 Å². The molecule has 2 rings (SSSR count). The molecule has 0 bridgehead atoms. The first-order valence-corrected chi connectivity index (χ1v) is 5.48. The Morgan fingerprint density at radius 1 is 1.33 bits per heavy atom. The fourth-order valence-electron chi connectivity index (χ4n) is 1.97. The van der Waals surface area contributed by atoms with Crippen molar-refractivity contribution in [2.75, 3.05) is 5.32 Å². The van der Waals surface area contributed by atoms with Gasteiger partial charge in [-0.2, -0.15) is 0 Å². The molecule has 4 heteroatoms. The van der Waals surface area contributed by atoms with Crippen molar-refractivity contribution in [2.45, 2.75) is 44.8 Å². The number of nitrogens with zero attached hydrogens (tertiary/aromatic N) is 2. The number of aromatic nitrogens is 2. The second-order valence-electron chi connectivity index (χ2n) is 4.14. The van der Waals surface area contributed by atoms with E-state index in [2.05, 4.69) is 15.3 Å². The van der Waals surface area contributed by atoms with Crippen molar-refractivity contribution in [3.8, 4) is 0 Å². The fraction of sp³-hybridized carbons (Fsp3) is 0.636. The summed E-state index contributed by atoms with van der Waals surface area (Å²) in [4.78, 5) is 8.36. The van der Waals surface area contributed by atoms with Crippen LogP contribution >= 0.6 is 0 Å². The van der Waals surface area contributed by atoms with E-state index < -0.39 is 0 Å². The molecule has 1 fully saturated rings. The standard InChI is InChI=1S/C11H17N3O/c1-8-12-7-6-11(13-8)14-9-2-4-10(15)5-3-9/h6-7,9-10,15H,2-5H2,1H3,(H,12,13,14). The van der Waals surface area contributed by atoms with Gasteiger partial charge in [-0.25, -0.2) is 9.97 Å². The highest BCUT2D eigenvalue weighted by Gasteiger charge is 2.19. The monoisotopic (exact) mass is 207 g/mol. The van der Waals surface area contributed by atoms with Gasteiger partial charge in [-0.1, -0.05) is 0 Å². The predicted molar refractivity (Wildman–Crippen MR) is 58.7 cm³/mol. The van der Waals surface area contributed by atoms with Crippen LogP contribution in [0.2, 0.25) is 0 Å². The molecule has 0 aliphatic heterocycles. The Morgan fingerprint density at radius 2 is 2.07 bits per heavy atom. The number of aryl methyl sites for hydroxylation is 1. The van der Waals surface area contributed by atoms with Gasteiger partial charge in [0.05, 0.1) is 6.10 Å². The molecule has 1 aliphatic carbocycles. The van der Waals surface area contributed by atoms with Crippen LogP contribution in [0.15, 0.2) is 12.3 Å². The van der Waals surface area contributed by atoms with Gasteiger partial charge < -0.3 is 10.4 Å². The lowest BCUT2D eigenvalue weighted by molar-refractivity contribution is 0.126. The Labute approximate surface area is 89.8 Å². The number of anilines is 1. The van der Waals surface area contributed by atoms with Gasteiger partial charge in [0.15, 0.2) is 0 Å². The summed E-state index contributed by atoms with van der Waals surface area (Å²) in [5.74, 6) is 1.68. The number of aliphatic hydroxyl groups is 1. The van der Waals surface area contributed by atoms with E-state index in [1.807, 2.05) is 13.0 Å². The molecule has 1 saturated carbocycles. The number of hydrogen-bond donors (Lipinski definition) is 2. The lowest BCUT2D eigenvalue weighted by Gasteiger charge is -2.26. The molecular formula is C11H17N3O. The Bertz CT molecular complexity index is 321. The molecule has 1 heterocycles. The van der Waals surface area contributed by atoms with Crippen LogP contribution in [0.3, 0.4) is 0 Å². The SMILES string of the molecule is Cc1nccc(NC2CCC(O)CC2)n1. The van der Waals surface area contributed by atoms with Gasteiger partial charge in [0.1, 0.15) is 11.6 Å². The quantitative estimate of drug-likeness (QED) is 0.771. The van der Waals surface area contributed by atoms with Gasteiger partial charge in [0.25, 0.3) is 0 Å². The molecule has 0 atom stereocenters. The van der Waals surface area contributed by atoms with Gasteiger partial charge in [-0.3, -0.25) is 0 Å². The minimum Gasteiger partial charge on any atom is -0.393 e. The van der Waals surface area contributed by atoms with Gasteiger partial charge in [-0.05, 0) is 38.7 Å². The zero-order valence-corrected chi connectivity index (χ0v) is 8.98. The molecule has 4 nitrogen and oxygen atoms in total. The molecule has 1 aromatic rings. The summed E-state index contributed by atoms with van der Waals surface area (Å²) in [6.07, 6.45) is 5.48. The number of nitrogens with one attached hydrogen (secondary N) is 1. The lowest BCUT2D eigenvalue weighted by atomic mass is 9.93. The van der Waals surface area contributed by atoms with Crippen LogP contribution in [0.1, 0.15) is 31.5 Å². The largest absolute Gasteiger partial charge is 0.393 e. The molecule has 0 spiro atoms. The van der Waals surface area contributed by atoms with Crippen molar-refractivity contribution in [2.24, 2.45) is 0 Å². The van der Waals surface area contributed by atoms with Crippen molar-refractivity contribution in [3.05, 3.63) is 18.1 Å². The third-order valence-corrected chi connectivity index (χ3v) is 2.82. The molecule has 1 aliphatic rings. The zero-order chi connectivity index (χ0) is 10.7. The number of rotatable bonds is 2. The maximum absolute atomic E-state index is 9.38. The van der Waals surface area contributed by atoms with Crippen molar-refractivity contribution < 1.29 is 5.11 Å². The Morgan fingerprint density at radius 3 is 2.73 bits per heavy atom. The van der Waals surface area contributed by atoms with Crippen LogP contribution in [0.5, 0.6) is 0 Å². The van der Waals surface area contributed by atoms with Crippen LogP contribution in [0.4, 0.5) is 5.82 Å². The minimum absolute atomic E-state index is 0.102. The highest BCUT2D eigenvalue weighted by Crippen LogP contribution is 2.21. The smallest absolute Gasteiger partial charge is 0.129 e. The zero-order valence-electron chi connectivity index (χ0n) is 8.98. The van der Waals surface area contributed by atoms with Crippen LogP contribution in [0.25, 0.3) is 0 Å². The molecule has 0 amide bonds. The molecular weight excluding hydrogens is 190 g/mol. The van der Waals surface area contributed by atoms with E-state index >= 15 is 0 Å². The van der Waals surface area contributed by atoms with E-state index in [0.717, 1.165) is 37.3 Å². The molecule has 2 N–H and O–H groups in total. The van der Waals surface area contributed by atoms with Gasteiger partial charge >= 0.3 is 0 Å². The van der Waals surface area contributed by atoms with E-state index in [1.165, 1.54) is 0 Å². The lowest BCUT2D eigenvalue weighted by Crippen LogP contribution is -2.28. The van der Waals surface area contributed by atoms with Gasteiger partial charge in [-0.15, -0.1) is 0 Å². The Kier molecular flexibility index (Phi) is 3.16. The minimum atomic E-state index is -0.102. The first kappa shape index (κ1) is 10.4. The van der Waals surface area contributed by atoms with Crippen molar-refractivity contribution in [1.82, 2.24) is 9.97 Å². The highest BCUT2D eigenvalue weighted by atomic mass is 16.3. The molecule has 0 unspecified atom stereocenters. The average Bonchev–Trinajstić information content (AvgIpc) is 2.22. The maximum atomic E-state index is 9.38. The number of aliphatic hydroxyl groups excluding tert-OH is 1. The van der Waals surface area contributed by atoms with Crippen molar-refractivity contribution >= 4 is 5.82 Å². The maximum Gasteiger partial charge on any atom is 0.129 e. The van der Waals surface area contributed by atoms with E-state index in [1.54, 1.807) is 6.20 Å². The van der Waals surface area contributed by atoms with Crippen LogP contribution in [0, 0.1) is 6.92 Å². The van der Waals surface area contributed by atoms with E-state index in [4.69, 9.17) is 0 Å². The Balaban J connectivity index is 1.92. The van der Waals surface area contributed by atoms with E-state index in [9.17, 15) is 5.11 Å². The summed E-state index contributed by atoms with van der Waals surface area (Å²) < 4.78 is 0. The molecule has 0 saturated heterocycles. The highest BCUT2D eigenvalue weighted by molar-refractivity contribution is 5.34. The first-order chi connectivity index (χ1) is 7.24. The summed E-state index contributed by atoms with van der Waals surface area (Å²) in [7, 11) is 0. The normalized spacial score (nSPS) is 26.3. The Hall–Kier alpha value is -1.16. The van der Waals surface area contributed by atoms with E-state index in [-0.39, 0.29) is 6.10 Å². The summed E-state index contributed by atoms with van der Waals surface area (Å²) in [6, 6.07) is 2.33. The molecule has 15 heavy (non-hydrogen) atoms. The topological polar surface area (TPSA) is 58.0 Å². The molecule has 0 radical (unpaired) electrons. The number of hydrogen-bond acceptors (Lipinski definition) is 4. The fourth-order valence-corrected chi connectivity index (χ4v) is 1.97. The second kappa shape index (κ2) is 4.57. The van der Waals surface area contributed by atoms with Crippen LogP contribution in [-0.2, 0) is 0 Å². The summed E-state index contributed by atoms with van der Waals surface area (Å²) in [6.45, 7) is 1.88. The molecule has 1 aromatic heterocycles. The van der Waals surface area contributed by atoms with Gasteiger partial charge in [0, 0.05) is 12.2 Å². The summed E-state index contributed by atoms with van der Waals surface area (Å²) in [5, 5.41) is 12.8.